The number of amides is 1. The zero-order valence-corrected chi connectivity index (χ0v) is 21.9. The van der Waals surface area contributed by atoms with E-state index in [-0.39, 0.29) is 41.3 Å². The minimum absolute atomic E-state index is 0.00970. The van der Waals surface area contributed by atoms with Crippen LogP contribution >= 0.6 is 11.8 Å². The SMILES string of the molecule is COC(=O)c1ccccc1S(=O)(=O)N1CCC2(CC1)NC(CCSC)C(=O)N2Cc1ccc(F)cc1. The molecule has 2 aromatic rings. The van der Waals surface area contributed by atoms with Gasteiger partial charge in [-0.25, -0.2) is 17.6 Å². The number of ether oxygens (including phenoxy) is 1. The number of piperidine rings is 1. The molecule has 2 fully saturated rings. The summed E-state index contributed by atoms with van der Waals surface area (Å²) in [6, 6.07) is 11.7. The number of hydrogen-bond acceptors (Lipinski definition) is 7. The molecule has 1 N–H and O–H groups in total. The van der Waals surface area contributed by atoms with E-state index in [4.69, 9.17) is 4.74 Å². The number of carbonyl (C=O) groups is 2. The lowest BCUT2D eigenvalue weighted by molar-refractivity contribution is -0.134. The molecule has 1 spiro atoms. The summed E-state index contributed by atoms with van der Waals surface area (Å²) in [5, 5.41) is 3.52. The maximum absolute atomic E-state index is 13.5. The molecule has 11 heteroatoms. The number of esters is 1. The topological polar surface area (TPSA) is 96.0 Å². The molecule has 2 aliphatic heterocycles. The van der Waals surface area contributed by atoms with Crippen molar-refractivity contribution in [1.29, 1.82) is 0 Å². The minimum Gasteiger partial charge on any atom is -0.465 e. The van der Waals surface area contributed by atoms with E-state index in [1.165, 1.54) is 35.7 Å². The van der Waals surface area contributed by atoms with Crippen LogP contribution in [0.5, 0.6) is 0 Å². The number of carbonyl (C=O) groups excluding carboxylic acids is 2. The number of thioether (sulfide) groups is 1. The van der Waals surface area contributed by atoms with Crippen LogP contribution in [0.1, 0.15) is 35.2 Å². The zero-order chi connectivity index (χ0) is 25.9. The van der Waals surface area contributed by atoms with Gasteiger partial charge >= 0.3 is 5.97 Å². The van der Waals surface area contributed by atoms with Gasteiger partial charge in [-0.1, -0.05) is 24.3 Å². The minimum atomic E-state index is -3.96. The van der Waals surface area contributed by atoms with E-state index in [1.54, 1.807) is 40.9 Å². The highest BCUT2D eigenvalue weighted by molar-refractivity contribution is 7.98. The van der Waals surface area contributed by atoms with Crippen LogP contribution in [0.4, 0.5) is 4.39 Å². The van der Waals surface area contributed by atoms with Crippen molar-refractivity contribution < 1.29 is 27.1 Å². The van der Waals surface area contributed by atoms with Crippen LogP contribution in [0, 0.1) is 5.82 Å². The zero-order valence-electron chi connectivity index (χ0n) is 20.3. The van der Waals surface area contributed by atoms with Crippen molar-refractivity contribution in [1.82, 2.24) is 14.5 Å². The summed E-state index contributed by atoms with van der Waals surface area (Å²) in [5.74, 6) is -0.272. The maximum atomic E-state index is 13.5. The van der Waals surface area contributed by atoms with Crippen LogP contribution in [0.2, 0.25) is 0 Å². The summed E-state index contributed by atoms with van der Waals surface area (Å²) in [6.45, 7) is 0.653. The Hall–Kier alpha value is -2.47. The molecule has 0 saturated carbocycles. The van der Waals surface area contributed by atoms with Crippen molar-refractivity contribution in [3.8, 4) is 0 Å². The van der Waals surface area contributed by atoms with E-state index < -0.39 is 21.7 Å². The molecule has 2 aromatic carbocycles. The van der Waals surface area contributed by atoms with Crippen molar-refractivity contribution in [2.75, 3.05) is 32.2 Å². The van der Waals surface area contributed by atoms with Crippen molar-refractivity contribution >= 4 is 33.7 Å². The van der Waals surface area contributed by atoms with Gasteiger partial charge in [0.1, 0.15) is 5.82 Å². The molecule has 194 valence electrons. The number of halogens is 1. The van der Waals surface area contributed by atoms with Gasteiger partial charge in [0.05, 0.1) is 29.3 Å². The molecule has 36 heavy (non-hydrogen) atoms. The van der Waals surface area contributed by atoms with Crippen molar-refractivity contribution in [3.63, 3.8) is 0 Å². The van der Waals surface area contributed by atoms with Crippen molar-refractivity contribution in [3.05, 3.63) is 65.5 Å². The van der Waals surface area contributed by atoms with Gasteiger partial charge in [0.15, 0.2) is 0 Å². The van der Waals surface area contributed by atoms with Gasteiger partial charge in [0, 0.05) is 19.6 Å². The fourth-order valence-corrected chi connectivity index (χ4v) is 7.01. The number of sulfonamides is 1. The largest absolute Gasteiger partial charge is 0.465 e. The number of rotatable bonds is 8. The summed E-state index contributed by atoms with van der Waals surface area (Å²) < 4.78 is 46.5. The first kappa shape index (κ1) is 26.6. The van der Waals surface area contributed by atoms with Gasteiger partial charge in [-0.2, -0.15) is 16.1 Å². The summed E-state index contributed by atoms with van der Waals surface area (Å²) >= 11 is 1.66. The molecule has 1 amide bonds. The predicted molar refractivity (Wildman–Crippen MR) is 135 cm³/mol. The highest BCUT2D eigenvalue weighted by atomic mass is 32.2. The average Bonchev–Trinajstić information content (AvgIpc) is 3.13. The number of methoxy groups -OCH3 is 1. The molecule has 1 unspecified atom stereocenters. The van der Waals surface area contributed by atoms with E-state index in [0.29, 0.717) is 25.8 Å². The molecule has 0 bridgehead atoms. The molecule has 0 aliphatic carbocycles. The van der Waals surface area contributed by atoms with E-state index in [9.17, 15) is 22.4 Å². The van der Waals surface area contributed by atoms with E-state index in [1.807, 2.05) is 6.26 Å². The summed E-state index contributed by atoms with van der Waals surface area (Å²) in [7, 11) is -2.75. The molecule has 8 nitrogen and oxygen atoms in total. The number of hydrogen-bond donors (Lipinski definition) is 1. The molecular weight excluding hydrogens is 505 g/mol. The van der Waals surface area contributed by atoms with Gasteiger partial charge in [-0.15, -0.1) is 0 Å². The summed E-state index contributed by atoms with van der Waals surface area (Å²) in [6.07, 6.45) is 3.42. The first-order chi connectivity index (χ1) is 17.2. The summed E-state index contributed by atoms with van der Waals surface area (Å²) in [5.41, 5.74) is 0.0885. The lowest BCUT2D eigenvalue weighted by Gasteiger charge is -2.44. The van der Waals surface area contributed by atoms with Crippen LogP contribution < -0.4 is 5.32 Å². The Labute approximate surface area is 215 Å². The van der Waals surface area contributed by atoms with Gasteiger partial charge in [0.25, 0.3) is 0 Å². The monoisotopic (exact) mass is 535 g/mol. The number of nitrogens with zero attached hydrogens (tertiary/aromatic N) is 2. The number of benzene rings is 2. The van der Waals surface area contributed by atoms with Gasteiger partial charge in [-0.05, 0) is 61.1 Å². The first-order valence-electron chi connectivity index (χ1n) is 11.7. The lowest BCUT2D eigenvalue weighted by atomic mass is 9.96. The molecule has 0 radical (unpaired) electrons. The Morgan fingerprint density at radius 2 is 1.83 bits per heavy atom. The van der Waals surface area contributed by atoms with Crippen LogP contribution in [0.25, 0.3) is 0 Å². The highest BCUT2D eigenvalue weighted by Crippen LogP contribution is 2.36. The smallest absolute Gasteiger partial charge is 0.339 e. The standard InChI is InChI=1S/C25H30FN3O5S2/c1-34-24(31)20-5-3-4-6-22(20)36(32,33)28-14-12-25(13-15-28)27-21(11-16-35-2)23(30)29(25)17-18-7-9-19(26)10-8-18/h3-10,21,27H,11-17H2,1-2H3. The van der Waals surface area contributed by atoms with Crippen LogP contribution in [0.15, 0.2) is 53.4 Å². The van der Waals surface area contributed by atoms with E-state index >= 15 is 0 Å². The molecule has 2 saturated heterocycles. The molecule has 1 atom stereocenters. The normalized spacial score (nSPS) is 20.1. The van der Waals surface area contributed by atoms with Crippen LogP contribution in [0.3, 0.4) is 0 Å². The fourth-order valence-electron chi connectivity index (χ4n) is 4.92. The third-order valence-corrected chi connectivity index (χ3v) is 9.45. The number of nitrogens with one attached hydrogen (secondary N) is 1. The predicted octanol–water partition coefficient (Wildman–Crippen LogP) is 2.85. The Bertz CT molecular complexity index is 1210. The van der Waals surface area contributed by atoms with Gasteiger partial charge < -0.3 is 9.64 Å². The first-order valence-corrected chi connectivity index (χ1v) is 14.6. The van der Waals surface area contributed by atoms with Crippen LogP contribution in [-0.4, -0.2) is 73.4 Å². The maximum Gasteiger partial charge on any atom is 0.339 e. The molecule has 2 heterocycles. The molecule has 2 aliphatic rings. The van der Waals surface area contributed by atoms with Gasteiger partial charge in [0.2, 0.25) is 15.9 Å². The Morgan fingerprint density at radius 1 is 1.17 bits per heavy atom. The average molecular weight is 536 g/mol. The van der Waals surface area contributed by atoms with Gasteiger partial charge in [-0.3, -0.25) is 10.1 Å². The van der Waals surface area contributed by atoms with Crippen molar-refractivity contribution in [2.24, 2.45) is 0 Å². The second kappa shape index (κ2) is 10.9. The Morgan fingerprint density at radius 3 is 2.47 bits per heavy atom. The van der Waals surface area contributed by atoms with Crippen molar-refractivity contribution in [2.45, 2.75) is 42.4 Å². The third kappa shape index (κ3) is 5.15. The summed E-state index contributed by atoms with van der Waals surface area (Å²) in [4.78, 5) is 27.3. The van der Waals surface area contributed by atoms with Crippen LogP contribution in [-0.2, 0) is 26.1 Å². The third-order valence-electron chi connectivity index (χ3n) is 6.85. The highest BCUT2D eigenvalue weighted by Gasteiger charge is 2.52. The quantitative estimate of drug-likeness (QED) is 0.520. The second-order valence-corrected chi connectivity index (χ2v) is 11.8. The lowest BCUT2D eigenvalue weighted by Crippen LogP contribution is -2.59. The molecule has 4 rings (SSSR count). The van der Waals surface area contributed by atoms with E-state index in [2.05, 4.69) is 5.32 Å². The van der Waals surface area contributed by atoms with E-state index in [0.717, 1.165) is 11.3 Å². The fraction of sp³-hybridized carbons (Fsp3) is 0.440. The Kier molecular flexibility index (Phi) is 8.03. The second-order valence-electron chi connectivity index (χ2n) is 8.95. The Balaban J connectivity index is 1.58. The molecule has 0 aromatic heterocycles. The molecular formula is C25H30FN3O5S2.